The predicted octanol–water partition coefficient (Wildman–Crippen LogP) is 3.76. The van der Waals surface area contributed by atoms with E-state index in [-0.39, 0.29) is 17.9 Å². The summed E-state index contributed by atoms with van der Waals surface area (Å²) in [6.07, 6.45) is 8.92. The number of allylic oxidation sites excluding steroid dienone is 1. The molecule has 0 unspecified atom stereocenters. The number of nitrogens with zero attached hydrogens (tertiary/aromatic N) is 1. The Labute approximate surface area is 163 Å². The lowest BCUT2D eigenvalue weighted by molar-refractivity contribution is -0.119. The van der Waals surface area contributed by atoms with Crippen LogP contribution < -0.4 is 9.62 Å². The molecule has 5 nitrogen and oxygen atoms in total. The predicted molar refractivity (Wildman–Crippen MR) is 112 cm³/mol. The molecule has 0 saturated carbocycles. The molecule has 1 aromatic carbocycles. The number of carbonyl (C=O) groups is 1. The van der Waals surface area contributed by atoms with E-state index in [0.29, 0.717) is 12.2 Å². The van der Waals surface area contributed by atoms with Gasteiger partial charge in [0.15, 0.2) is 0 Å². The van der Waals surface area contributed by atoms with Gasteiger partial charge in [-0.15, -0.1) is 0 Å². The number of nitrogens with one attached hydrogen (secondary N) is 1. The zero-order valence-corrected chi connectivity index (χ0v) is 17.7. The zero-order valence-electron chi connectivity index (χ0n) is 16.9. The van der Waals surface area contributed by atoms with Crippen molar-refractivity contribution in [2.45, 2.75) is 58.3 Å². The number of para-hydroxylation sites is 1. The minimum absolute atomic E-state index is 0.203. The summed E-state index contributed by atoms with van der Waals surface area (Å²) in [6.45, 7) is 6.44. The van der Waals surface area contributed by atoms with E-state index in [1.165, 1.54) is 22.7 Å². The van der Waals surface area contributed by atoms with Crippen LogP contribution in [0.1, 0.15) is 58.4 Å². The summed E-state index contributed by atoms with van der Waals surface area (Å²) in [5.74, 6) is -0.277. The van der Waals surface area contributed by atoms with Crippen molar-refractivity contribution in [1.29, 1.82) is 0 Å². The van der Waals surface area contributed by atoms with Gasteiger partial charge in [0.25, 0.3) is 0 Å². The normalized spacial score (nSPS) is 15.2. The van der Waals surface area contributed by atoms with Crippen LogP contribution in [0, 0.1) is 0 Å². The lowest BCUT2D eigenvalue weighted by atomic mass is 9.86. The maximum atomic E-state index is 12.4. The number of anilines is 1. The van der Waals surface area contributed by atoms with Crippen LogP contribution in [0.15, 0.2) is 35.9 Å². The average molecular weight is 393 g/mol. The third-order valence-corrected chi connectivity index (χ3v) is 5.95. The van der Waals surface area contributed by atoms with Crippen molar-refractivity contribution in [3.05, 3.63) is 41.5 Å². The molecule has 27 heavy (non-hydrogen) atoms. The Kier molecular flexibility index (Phi) is 7.09. The fourth-order valence-electron chi connectivity index (χ4n) is 3.39. The van der Waals surface area contributed by atoms with Gasteiger partial charge in [-0.1, -0.05) is 50.6 Å². The first-order valence-corrected chi connectivity index (χ1v) is 11.5. The monoisotopic (exact) mass is 392 g/mol. The quantitative estimate of drug-likeness (QED) is 0.719. The van der Waals surface area contributed by atoms with Crippen LogP contribution >= 0.6 is 0 Å². The summed E-state index contributed by atoms with van der Waals surface area (Å²) in [4.78, 5) is 12.4. The number of amides is 1. The Morgan fingerprint density at radius 2 is 1.89 bits per heavy atom. The maximum absolute atomic E-state index is 12.4. The first kappa shape index (κ1) is 21.5. The number of benzene rings is 1. The minimum Gasteiger partial charge on any atom is -0.354 e. The molecule has 1 amide bonds. The SMILES string of the molecule is CC(C)(C)c1ccccc1N(CC(=O)NCCC1=CCCCC1)S(C)(=O)=O. The van der Waals surface area contributed by atoms with Crippen LogP contribution in [0.4, 0.5) is 5.69 Å². The molecule has 1 aromatic rings. The van der Waals surface area contributed by atoms with Crippen molar-refractivity contribution < 1.29 is 13.2 Å². The minimum atomic E-state index is -3.58. The molecule has 0 aromatic heterocycles. The van der Waals surface area contributed by atoms with Gasteiger partial charge in [0.05, 0.1) is 11.9 Å². The van der Waals surface area contributed by atoms with Gasteiger partial charge in [-0.25, -0.2) is 8.42 Å². The van der Waals surface area contributed by atoms with Crippen LogP contribution in [-0.4, -0.2) is 33.7 Å². The Morgan fingerprint density at radius 1 is 1.19 bits per heavy atom. The second-order valence-electron chi connectivity index (χ2n) is 8.24. The van der Waals surface area contributed by atoms with Crippen molar-refractivity contribution in [2.75, 3.05) is 23.7 Å². The van der Waals surface area contributed by atoms with Crippen LogP contribution in [0.5, 0.6) is 0 Å². The summed E-state index contributed by atoms with van der Waals surface area (Å²) in [6, 6.07) is 7.38. The highest BCUT2D eigenvalue weighted by atomic mass is 32.2. The number of hydrogen-bond acceptors (Lipinski definition) is 3. The Morgan fingerprint density at radius 3 is 2.48 bits per heavy atom. The summed E-state index contributed by atoms with van der Waals surface area (Å²) in [5.41, 5.74) is 2.62. The molecule has 0 radical (unpaired) electrons. The highest BCUT2D eigenvalue weighted by Crippen LogP contribution is 2.32. The molecule has 1 aliphatic carbocycles. The van der Waals surface area contributed by atoms with E-state index in [1.54, 1.807) is 12.1 Å². The number of rotatable bonds is 7. The van der Waals surface area contributed by atoms with Crippen molar-refractivity contribution in [2.24, 2.45) is 0 Å². The third kappa shape index (κ3) is 6.38. The molecule has 0 saturated heterocycles. The van der Waals surface area contributed by atoms with E-state index in [9.17, 15) is 13.2 Å². The van der Waals surface area contributed by atoms with Crippen LogP contribution in [-0.2, 0) is 20.2 Å². The van der Waals surface area contributed by atoms with E-state index in [0.717, 1.165) is 31.1 Å². The Hall–Kier alpha value is -1.82. The molecule has 0 spiro atoms. The van der Waals surface area contributed by atoms with Crippen LogP contribution in [0.25, 0.3) is 0 Å². The molecule has 2 rings (SSSR count). The van der Waals surface area contributed by atoms with Gasteiger partial charge in [0.2, 0.25) is 15.9 Å². The van der Waals surface area contributed by atoms with Crippen molar-refractivity contribution in [3.63, 3.8) is 0 Å². The molecule has 1 N–H and O–H groups in total. The lowest BCUT2D eigenvalue weighted by Gasteiger charge is -2.29. The standard InChI is InChI=1S/C21H32N2O3S/c1-21(2,3)18-12-8-9-13-19(18)23(27(4,25)26)16-20(24)22-15-14-17-10-6-5-7-11-17/h8-10,12-13H,5-7,11,14-16H2,1-4H3,(H,22,24). The van der Waals surface area contributed by atoms with Crippen molar-refractivity contribution >= 4 is 21.6 Å². The van der Waals surface area contributed by atoms with Gasteiger partial charge >= 0.3 is 0 Å². The fraction of sp³-hybridized carbons (Fsp3) is 0.571. The maximum Gasteiger partial charge on any atom is 0.240 e. The van der Waals surface area contributed by atoms with E-state index >= 15 is 0 Å². The topological polar surface area (TPSA) is 66.5 Å². The molecule has 0 aliphatic heterocycles. The van der Waals surface area contributed by atoms with Gasteiger partial charge in [-0.2, -0.15) is 0 Å². The molecule has 0 fully saturated rings. The van der Waals surface area contributed by atoms with E-state index in [4.69, 9.17) is 0 Å². The largest absolute Gasteiger partial charge is 0.354 e. The summed E-state index contributed by atoms with van der Waals surface area (Å²) in [5, 5.41) is 2.87. The fourth-order valence-corrected chi connectivity index (χ4v) is 4.26. The third-order valence-electron chi connectivity index (χ3n) is 4.82. The summed E-state index contributed by atoms with van der Waals surface area (Å²) < 4.78 is 26.0. The molecular weight excluding hydrogens is 360 g/mol. The van der Waals surface area contributed by atoms with Gasteiger partial charge in [-0.3, -0.25) is 9.10 Å². The smallest absolute Gasteiger partial charge is 0.240 e. The molecule has 6 heteroatoms. The molecular formula is C21H32N2O3S. The van der Waals surface area contributed by atoms with Gasteiger partial charge in [0.1, 0.15) is 6.54 Å². The van der Waals surface area contributed by atoms with Crippen molar-refractivity contribution in [1.82, 2.24) is 5.32 Å². The highest BCUT2D eigenvalue weighted by Gasteiger charge is 2.27. The number of hydrogen-bond donors (Lipinski definition) is 1. The van der Waals surface area contributed by atoms with Gasteiger partial charge in [-0.05, 0) is 49.1 Å². The van der Waals surface area contributed by atoms with Gasteiger partial charge in [0, 0.05) is 6.54 Å². The summed E-state index contributed by atoms with van der Waals surface area (Å²) >= 11 is 0. The zero-order chi connectivity index (χ0) is 20.1. The first-order chi connectivity index (χ1) is 12.6. The second kappa shape index (κ2) is 8.91. The van der Waals surface area contributed by atoms with Crippen LogP contribution in [0.2, 0.25) is 0 Å². The second-order valence-corrected chi connectivity index (χ2v) is 10.2. The Balaban J connectivity index is 2.10. The van der Waals surface area contributed by atoms with Gasteiger partial charge < -0.3 is 5.32 Å². The highest BCUT2D eigenvalue weighted by molar-refractivity contribution is 7.92. The molecule has 0 bridgehead atoms. The lowest BCUT2D eigenvalue weighted by Crippen LogP contribution is -2.41. The number of sulfonamides is 1. The summed E-state index contributed by atoms with van der Waals surface area (Å²) in [7, 11) is -3.58. The van der Waals surface area contributed by atoms with E-state index in [2.05, 4.69) is 11.4 Å². The van der Waals surface area contributed by atoms with E-state index < -0.39 is 10.0 Å². The van der Waals surface area contributed by atoms with Crippen LogP contribution in [0.3, 0.4) is 0 Å². The van der Waals surface area contributed by atoms with E-state index in [1.807, 2.05) is 32.9 Å². The average Bonchev–Trinajstić information content (AvgIpc) is 2.59. The Bertz CT molecular complexity index is 792. The molecule has 1 aliphatic rings. The molecule has 0 atom stereocenters. The molecule has 150 valence electrons. The van der Waals surface area contributed by atoms with Crippen molar-refractivity contribution in [3.8, 4) is 0 Å². The first-order valence-electron chi connectivity index (χ1n) is 9.61. The molecule has 0 heterocycles. The number of carbonyl (C=O) groups excluding carboxylic acids is 1.